The summed E-state index contributed by atoms with van der Waals surface area (Å²) in [6, 6.07) is 23.1. The van der Waals surface area contributed by atoms with E-state index in [1.807, 2.05) is 30.3 Å². The van der Waals surface area contributed by atoms with Crippen LogP contribution in [0, 0.1) is 0 Å². The summed E-state index contributed by atoms with van der Waals surface area (Å²) in [6.07, 6.45) is 1.65. The maximum absolute atomic E-state index is 12.2. The van der Waals surface area contributed by atoms with E-state index in [0.29, 0.717) is 23.7 Å². The summed E-state index contributed by atoms with van der Waals surface area (Å²) in [6.45, 7) is -0.0545. The van der Waals surface area contributed by atoms with Crippen LogP contribution in [0.1, 0.15) is 22.3 Å². The summed E-state index contributed by atoms with van der Waals surface area (Å²) in [5.74, 6) is -0.262. The third-order valence-corrected chi connectivity index (χ3v) is 4.96. The molecular weight excluding hydrogens is 448 g/mol. The Balaban J connectivity index is 1.34. The normalized spacial score (nSPS) is 10.2. The maximum Gasteiger partial charge on any atom is 0.338 e. The van der Waals surface area contributed by atoms with Gasteiger partial charge >= 0.3 is 5.97 Å². The molecule has 2 N–H and O–H groups in total. The Bertz CT molecular complexity index is 1120. The van der Waals surface area contributed by atoms with E-state index >= 15 is 0 Å². The van der Waals surface area contributed by atoms with E-state index in [0.717, 1.165) is 12.8 Å². The summed E-state index contributed by atoms with van der Waals surface area (Å²) in [4.78, 5) is 36.2. The Morgan fingerprint density at radius 3 is 2.31 bits per heavy atom. The van der Waals surface area contributed by atoms with E-state index in [-0.39, 0.29) is 30.6 Å². The number of benzene rings is 3. The number of nitrogens with one attached hydrogen (secondary N) is 2. The Morgan fingerprint density at radius 1 is 0.800 bits per heavy atom. The molecule has 2 amide bonds. The predicted molar refractivity (Wildman–Crippen MR) is 132 cm³/mol. The van der Waals surface area contributed by atoms with Gasteiger partial charge in [-0.05, 0) is 54.8 Å². The number of amides is 2. The summed E-state index contributed by atoms with van der Waals surface area (Å²) >= 11 is 0. The highest BCUT2D eigenvalue weighted by Crippen LogP contribution is 2.17. The highest BCUT2D eigenvalue weighted by atomic mass is 16.5. The monoisotopic (exact) mass is 476 g/mol. The Morgan fingerprint density at radius 2 is 1.57 bits per heavy atom. The summed E-state index contributed by atoms with van der Waals surface area (Å²) < 4.78 is 15.6. The molecule has 0 aromatic heterocycles. The average Bonchev–Trinajstić information content (AvgIpc) is 2.89. The molecule has 35 heavy (non-hydrogen) atoms. The lowest BCUT2D eigenvalue weighted by molar-refractivity contribution is -0.124. The molecule has 0 fully saturated rings. The van der Waals surface area contributed by atoms with Crippen LogP contribution in [-0.2, 0) is 20.7 Å². The third kappa shape index (κ3) is 8.85. The quantitative estimate of drug-likeness (QED) is 0.306. The van der Waals surface area contributed by atoms with Crippen molar-refractivity contribution in [3.63, 3.8) is 0 Å². The molecule has 0 unspecified atom stereocenters. The second kappa shape index (κ2) is 13.4. The molecule has 0 saturated heterocycles. The number of carbonyl (C=O) groups is 3. The first kappa shape index (κ1) is 25.3. The number of aryl methyl sites for hydroxylation is 1. The number of ether oxygens (including phenoxy) is 3. The molecule has 0 aliphatic rings. The van der Waals surface area contributed by atoms with Gasteiger partial charge in [0, 0.05) is 18.3 Å². The van der Waals surface area contributed by atoms with Gasteiger partial charge in [-0.3, -0.25) is 9.59 Å². The third-order valence-electron chi connectivity index (χ3n) is 4.96. The number of esters is 1. The van der Waals surface area contributed by atoms with E-state index in [4.69, 9.17) is 14.2 Å². The first-order valence-electron chi connectivity index (χ1n) is 11.2. The predicted octanol–water partition coefficient (Wildman–Crippen LogP) is 3.62. The van der Waals surface area contributed by atoms with Crippen LogP contribution < -0.4 is 20.1 Å². The minimum absolute atomic E-state index is 0.203. The van der Waals surface area contributed by atoms with Gasteiger partial charge < -0.3 is 24.8 Å². The number of rotatable bonds is 12. The van der Waals surface area contributed by atoms with Gasteiger partial charge in [0.2, 0.25) is 0 Å². The summed E-state index contributed by atoms with van der Waals surface area (Å²) in [7, 11) is 1.55. The molecule has 0 spiro atoms. The van der Waals surface area contributed by atoms with Crippen molar-refractivity contribution in [3.8, 4) is 11.5 Å². The van der Waals surface area contributed by atoms with Gasteiger partial charge in [-0.1, -0.05) is 36.4 Å². The fourth-order valence-electron chi connectivity index (χ4n) is 3.16. The van der Waals surface area contributed by atoms with Crippen molar-refractivity contribution in [1.82, 2.24) is 5.32 Å². The smallest absolute Gasteiger partial charge is 0.338 e. The van der Waals surface area contributed by atoms with Crippen molar-refractivity contribution < 1.29 is 28.6 Å². The molecule has 3 rings (SSSR count). The van der Waals surface area contributed by atoms with E-state index < -0.39 is 5.97 Å². The molecule has 0 heterocycles. The number of anilines is 1. The first-order valence-corrected chi connectivity index (χ1v) is 11.2. The van der Waals surface area contributed by atoms with Crippen molar-refractivity contribution in [2.45, 2.75) is 12.8 Å². The van der Waals surface area contributed by atoms with Crippen LogP contribution in [0.4, 0.5) is 5.69 Å². The van der Waals surface area contributed by atoms with Gasteiger partial charge in [-0.25, -0.2) is 4.79 Å². The molecule has 3 aromatic carbocycles. The fraction of sp³-hybridized carbons (Fsp3) is 0.222. The lowest BCUT2D eigenvalue weighted by Gasteiger charge is -2.09. The van der Waals surface area contributed by atoms with Crippen LogP contribution in [-0.4, -0.2) is 44.7 Å². The van der Waals surface area contributed by atoms with Gasteiger partial charge in [-0.15, -0.1) is 0 Å². The van der Waals surface area contributed by atoms with E-state index in [2.05, 4.69) is 10.6 Å². The average molecular weight is 477 g/mol. The lowest BCUT2D eigenvalue weighted by atomic mass is 10.1. The van der Waals surface area contributed by atoms with Crippen LogP contribution in [0.2, 0.25) is 0 Å². The topological polar surface area (TPSA) is 103 Å². The zero-order valence-corrected chi connectivity index (χ0v) is 19.5. The number of methoxy groups -OCH3 is 1. The fourth-order valence-corrected chi connectivity index (χ4v) is 3.16. The Kier molecular flexibility index (Phi) is 9.68. The van der Waals surface area contributed by atoms with Crippen LogP contribution in [0.15, 0.2) is 78.9 Å². The molecule has 182 valence electrons. The SMILES string of the molecule is COc1cccc(NC(=O)COc2ccc(C(=O)OCC(=O)NCCCc3ccccc3)cc2)c1. The van der Waals surface area contributed by atoms with Crippen LogP contribution in [0.3, 0.4) is 0 Å². The Labute approximate surface area is 204 Å². The van der Waals surface area contributed by atoms with Crippen LogP contribution >= 0.6 is 0 Å². The van der Waals surface area contributed by atoms with Gasteiger partial charge in [-0.2, -0.15) is 0 Å². The molecule has 0 bridgehead atoms. The first-order chi connectivity index (χ1) is 17.0. The van der Waals surface area contributed by atoms with Crippen molar-refractivity contribution in [2.24, 2.45) is 0 Å². The molecule has 0 saturated carbocycles. The molecule has 8 heteroatoms. The van der Waals surface area contributed by atoms with Gasteiger partial charge in [0.15, 0.2) is 13.2 Å². The molecule has 0 aliphatic carbocycles. The van der Waals surface area contributed by atoms with Gasteiger partial charge in [0.25, 0.3) is 11.8 Å². The molecule has 8 nitrogen and oxygen atoms in total. The molecule has 0 aliphatic heterocycles. The van der Waals surface area contributed by atoms with Gasteiger partial charge in [0.1, 0.15) is 11.5 Å². The highest BCUT2D eigenvalue weighted by molar-refractivity contribution is 5.92. The minimum atomic E-state index is -0.619. The highest BCUT2D eigenvalue weighted by Gasteiger charge is 2.11. The van der Waals surface area contributed by atoms with Crippen molar-refractivity contribution >= 4 is 23.5 Å². The summed E-state index contributed by atoms with van der Waals surface area (Å²) in [5.41, 5.74) is 2.07. The van der Waals surface area contributed by atoms with Crippen molar-refractivity contribution in [3.05, 3.63) is 90.0 Å². The van der Waals surface area contributed by atoms with Crippen LogP contribution in [0.25, 0.3) is 0 Å². The number of hydrogen-bond donors (Lipinski definition) is 2. The van der Waals surface area contributed by atoms with Crippen LogP contribution in [0.5, 0.6) is 11.5 Å². The second-order valence-electron chi connectivity index (χ2n) is 7.61. The van der Waals surface area contributed by atoms with E-state index in [9.17, 15) is 14.4 Å². The molecular formula is C27H28N2O6. The Hall–Kier alpha value is -4.33. The second-order valence-corrected chi connectivity index (χ2v) is 7.61. The zero-order chi connectivity index (χ0) is 24.9. The van der Waals surface area contributed by atoms with Gasteiger partial charge in [0.05, 0.1) is 12.7 Å². The minimum Gasteiger partial charge on any atom is -0.497 e. The maximum atomic E-state index is 12.2. The molecule has 0 radical (unpaired) electrons. The van der Waals surface area contributed by atoms with E-state index in [1.165, 1.54) is 17.7 Å². The number of hydrogen-bond acceptors (Lipinski definition) is 6. The van der Waals surface area contributed by atoms with E-state index in [1.54, 1.807) is 43.5 Å². The largest absolute Gasteiger partial charge is 0.497 e. The van der Waals surface area contributed by atoms with Crippen molar-refractivity contribution in [2.75, 3.05) is 32.2 Å². The standard InChI is InChI=1S/C27H28N2O6/c1-33-24-11-5-10-22(17-24)29-26(31)19-34-23-14-12-21(13-15-23)27(32)35-18-25(30)28-16-6-9-20-7-3-2-4-8-20/h2-5,7-8,10-15,17H,6,9,16,18-19H2,1H3,(H,28,30)(H,29,31). The summed E-state index contributed by atoms with van der Waals surface area (Å²) in [5, 5.41) is 5.45. The molecule has 3 aromatic rings. The lowest BCUT2D eigenvalue weighted by Crippen LogP contribution is -2.29. The number of carbonyl (C=O) groups excluding carboxylic acids is 3. The van der Waals surface area contributed by atoms with Crippen molar-refractivity contribution in [1.29, 1.82) is 0 Å². The zero-order valence-electron chi connectivity index (χ0n) is 19.5. The molecule has 0 atom stereocenters.